The zero-order valence-electron chi connectivity index (χ0n) is 17.1. The number of benzene rings is 2. The molecule has 2 aromatic carbocycles. The zero-order valence-corrected chi connectivity index (χ0v) is 17.1. The van der Waals surface area contributed by atoms with E-state index in [0.717, 1.165) is 34.6 Å². The summed E-state index contributed by atoms with van der Waals surface area (Å²) in [6, 6.07) is 14.4. The molecule has 0 saturated heterocycles. The van der Waals surface area contributed by atoms with E-state index in [1.807, 2.05) is 18.2 Å². The van der Waals surface area contributed by atoms with Crippen LogP contribution in [0, 0.1) is 19.3 Å². The number of aryl methyl sites for hydroxylation is 2. The van der Waals surface area contributed by atoms with Gasteiger partial charge in [-0.25, -0.2) is 0 Å². The average Bonchev–Trinajstić information content (AvgIpc) is 2.76. The Morgan fingerprint density at radius 1 is 1.00 bits per heavy atom. The second kappa shape index (κ2) is 6.97. The van der Waals surface area contributed by atoms with Crippen LogP contribution in [0.4, 0.5) is 11.4 Å². The van der Waals surface area contributed by atoms with Crippen molar-refractivity contribution in [2.75, 3.05) is 10.6 Å². The highest BCUT2D eigenvalue weighted by molar-refractivity contribution is 6.01. The molecule has 1 aliphatic carbocycles. The Morgan fingerprint density at radius 2 is 1.68 bits per heavy atom. The topological polar surface area (TPSA) is 41.1 Å². The van der Waals surface area contributed by atoms with Gasteiger partial charge in [-0.15, -0.1) is 0 Å². The molecule has 0 spiro atoms. The highest BCUT2D eigenvalue weighted by atomic mass is 16.1. The molecule has 28 heavy (non-hydrogen) atoms. The van der Waals surface area contributed by atoms with Gasteiger partial charge < -0.3 is 10.6 Å². The van der Waals surface area contributed by atoms with E-state index in [1.165, 1.54) is 11.1 Å². The van der Waals surface area contributed by atoms with Crippen molar-refractivity contribution in [3.63, 3.8) is 0 Å². The molecule has 0 aromatic heterocycles. The van der Waals surface area contributed by atoms with Gasteiger partial charge in [0.15, 0.2) is 5.78 Å². The lowest BCUT2D eigenvalue weighted by Gasteiger charge is -2.33. The molecule has 1 unspecified atom stereocenters. The number of anilines is 2. The van der Waals surface area contributed by atoms with Crippen molar-refractivity contribution >= 4 is 23.2 Å². The molecule has 2 N–H and O–H groups in total. The number of hydrogen-bond donors (Lipinski definition) is 2. The van der Waals surface area contributed by atoms with E-state index < -0.39 is 0 Å². The summed E-state index contributed by atoms with van der Waals surface area (Å²) in [7, 11) is 0. The molecule has 4 rings (SSSR count). The van der Waals surface area contributed by atoms with Crippen LogP contribution < -0.4 is 10.6 Å². The first-order chi connectivity index (χ1) is 13.3. The summed E-state index contributed by atoms with van der Waals surface area (Å²) in [5.41, 5.74) is 7.62. The van der Waals surface area contributed by atoms with Crippen molar-refractivity contribution in [3.05, 3.63) is 76.5 Å². The van der Waals surface area contributed by atoms with Crippen LogP contribution in [-0.2, 0) is 4.79 Å². The number of allylic oxidation sites excluding steroid dienone is 1. The molecule has 3 nitrogen and oxygen atoms in total. The van der Waals surface area contributed by atoms with E-state index in [9.17, 15) is 4.79 Å². The zero-order chi connectivity index (χ0) is 19.9. The van der Waals surface area contributed by atoms with Gasteiger partial charge in [0.25, 0.3) is 0 Å². The van der Waals surface area contributed by atoms with Gasteiger partial charge in [0, 0.05) is 17.7 Å². The average molecular weight is 373 g/mol. The van der Waals surface area contributed by atoms with Crippen LogP contribution in [0.25, 0.3) is 6.08 Å². The summed E-state index contributed by atoms with van der Waals surface area (Å²) >= 11 is 0. The van der Waals surface area contributed by atoms with Crippen molar-refractivity contribution in [1.29, 1.82) is 0 Å². The third-order valence-electron chi connectivity index (χ3n) is 5.74. The number of Topliss-reactive ketones (excluding diaryl/α,β-unsaturated/α-hetero) is 1. The van der Waals surface area contributed by atoms with E-state index in [2.05, 4.69) is 74.7 Å². The van der Waals surface area contributed by atoms with Crippen LogP contribution >= 0.6 is 0 Å². The molecule has 2 aliphatic rings. The Labute approximate surface area is 167 Å². The van der Waals surface area contributed by atoms with Crippen LogP contribution in [0.2, 0.25) is 0 Å². The van der Waals surface area contributed by atoms with Crippen LogP contribution in [0.5, 0.6) is 0 Å². The number of fused-ring (bicyclic) bond motifs is 1. The quantitative estimate of drug-likeness (QED) is 0.693. The third-order valence-corrected chi connectivity index (χ3v) is 5.74. The summed E-state index contributed by atoms with van der Waals surface area (Å²) in [4.78, 5) is 13.1. The summed E-state index contributed by atoms with van der Waals surface area (Å²) in [6.45, 7) is 8.59. The fourth-order valence-electron chi connectivity index (χ4n) is 4.16. The third kappa shape index (κ3) is 3.62. The number of rotatable bonds is 2. The Morgan fingerprint density at radius 3 is 2.39 bits per heavy atom. The lowest BCUT2D eigenvalue weighted by atomic mass is 9.74. The molecule has 3 heteroatoms. The lowest BCUT2D eigenvalue weighted by Crippen LogP contribution is -2.34. The van der Waals surface area contributed by atoms with Gasteiger partial charge >= 0.3 is 0 Å². The first-order valence-corrected chi connectivity index (χ1v) is 9.97. The van der Waals surface area contributed by atoms with Gasteiger partial charge in [-0.1, -0.05) is 56.3 Å². The van der Waals surface area contributed by atoms with Crippen molar-refractivity contribution in [3.8, 4) is 0 Å². The molecule has 1 heterocycles. The number of hydrogen-bond acceptors (Lipinski definition) is 3. The standard InChI is InChI=1S/C25H28N2O/c1-16-12-20-21(13-17(16)2)27-22-14-25(3,4)15-23(28)24(22)19(26-20)11-10-18-8-6-5-7-9-18/h5-13,19,26-27H,14-15H2,1-4H3. The Kier molecular flexibility index (Phi) is 4.62. The molecule has 2 aromatic rings. The van der Waals surface area contributed by atoms with Crippen LogP contribution in [0.1, 0.15) is 43.4 Å². The minimum absolute atomic E-state index is 0.0269. The first kappa shape index (κ1) is 18.5. The van der Waals surface area contributed by atoms with Gasteiger partial charge in [-0.3, -0.25) is 4.79 Å². The second-order valence-corrected chi connectivity index (χ2v) is 8.83. The maximum Gasteiger partial charge on any atom is 0.163 e. The summed E-state index contributed by atoms with van der Waals surface area (Å²) in [5.74, 6) is 0.232. The summed E-state index contributed by atoms with van der Waals surface area (Å²) < 4.78 is 0. The fourth-order valence-corrected chi connectivity index (χ4v) is 4.16. The van der Waals surface area contributed by atoms with Gasteiger partial charge in [0.2, 0.25) is 0 Å². The SMILES string of the molecule is Cc1cc2c(cc1C)NC(C=Cc1ccccc1)C1=C(CC(C)(C)CC1=O)N2. The normalized spacial score (nSPS) is 20.9. The Balaban J connectivity index is 1.80. The number of carbonyl (C=O) groups is 1. The molecule has 0 saturated carbocycles. The Bertz CT molecular complexity index is 983. The van der Waals surface area contributed by atoms with Crippen molar-refractivity contribution in [2.45, 2.75) is 46.6 Å². The van der Waals surface area contributed by atoms with Crippen molar-refractivity contribution in [1.82, 2.24) is 0 Å². The second-order valence-electron chi connectivity index (χ2n) is 8.83. The highest BCUT2D eigenvalue weighted by Crippen LogP contribution is 2.42. The van der Waals surface area contributed by atoms with E-state index in [0.29, 0.717) is 6.42 Å². The monoisotopic (exact) mass is 372 g/mol. The molecule has 0 amide bonds. The van der Waals surface area contributed by atoms with E-state index >= 15 is 0 Å². The van der Waals surface area contributed by atoms with E-state index in [1.54, 1.807) is 0 Å². The smallest absolute Gasteiger partial charge is 0.163 e. The number of ketones is 1. The molecule has 144 valence electrons. The number of nitrogens with one attached hydrogen (secondary N) is 2. The van der Waals surface area contributed by atoms with Crippen molar-refractivity contribution in [2.24, 2.45) is 5.41 Å². The van der Waals surface area contributed by atoms with E-state index in [4.69, 9.17) is 0 Å². The summed E-state index contributed by atoms with van der Waals surface area (Å²) in [6.07, 6.45) is 5.67. The predicted octanol–water partition coefficient (Wildman–Crippen LogP) is 5.87. The van der Waals surface area contributed by atoms with Gasteiger partial charge in [0.05, 0.1) is 17.4 Å². The minimum atomic E-state index is -0.144. The maximum atomic E-state index is 13.1. The van der Waals surface area contributed by atoms with Crippen LogP contribution in [-0.4, -0.2) is 11.8 Å². The Hall–Kier alpha value is -2.81. The van der Waals surface area contributed by atoms with Gasteiger partial charge in [-0.2, -0.15) is 0 Å². The summed E-state index contributed by atoms with van der Waals surface area (Å²) in [5, 5.41) is 7.23. The van der Waals surface area contributed by atoms with Gasteiger partial charge in [0.1, 0.15) is 0 Å². The molecular weight excluding hydrogens is 344 g/mol. The van der Waals surface area contributed by atoms with Gasteiger partial charge in [-0.05, 0) is 54.5 Å². The predicted molar refractivity (Wildman–Crippen MR) is 117 cm³/mol. The molecule has 0 radical (unpaired) electrons. The lowest BCUT2D eigenvalue weighted by molar-refractivity contribution is -0.118. The molecule has 1 aliphatic heterocycles. The van der Waals surface area contributed by atoms with Crippen LogP contribution in [0.15, 0.2) is 59.8 Å². The van der Waals surface area contributed by atoms with Crippen LogP contribution in [0.3, 0.4) is 0 Å². The first-order valence-electron chi connectivity index (χ1n) is 9.97. The maximum absolute atomic E-state index is 13.1. The fraction of sp³-hybridized carbons (Fsp3) is 0.320. The number of carbonyl (C=O) groups excluding carboxylic acids is 1. The highest BCUT2D eigenvalue weighted by Gasteiger charge is 2.37. The molecule has 0 bridgehead atoms. The van der Waals surface area contributed by atoms with E-state index in [-0.39, 0.29) is 17.2 Å². The molecule has 1 atom stereocenters. The molecule has 0 fully saturated rings. The largest absolute Gasteiger partial charge is 0.373 e. The van der Waals surface area contributed by atoms with Crippen molar-refractivity contribution < 1.29 is 4.79 Å². The molecular formula is C25H28N2O. The minimum Gasteiger partial charge on any atom is -0.373 e.